The van der Waals surface area contributed by atoms with E-state index >= 15 is 0 Å². The molecule has 3 aromatic heterocycles. The summed E-state index contributed by atoms with van der Waals surface area (Å²) in [5.74, 6) is 0.898. The molecule has 1 amide bonds. The molecular weight excluding hydrogens is 292 g/mol. The van der Waals surface area contributed by atoms with Crippen molar-refractivity contribution in [1.82, 2.24) is 30.0 Å². The van der Waals surface area contributed by atoms with Gasteiger partial charge in [-0.1, -0.05) is 0 Å². The van der Waals surface area contributed by atoms with Crippen LogP contribution in [0.5, 0.6) is 0 Å². The topological polar surface area (TPSA) is 90.6 Å². The normalized spacial score (nSPS) is 18.4. The van der Waals surface area contributed by atoms with Crippen molar-refractivity contribution in [1.29, 1.82) is 0 Å². The molecular formula is C16H18N6O. The highest BCUT2D eigenvalue weighted by molar-refractivity contribution is 5.87. The van der Waals surface area contributed by atoms with Gasteiger partial charge >= 0.3 is 0 Å². The van der Waals surface area contributed by atoms with Crippen LogP contribution < -0.4 is 0 Å². The maximum atomic E-state index is 12.8. The molecule has 23 heavy (non-hydrogen) atoms. The lowest BCUT2D eigenvalue weighted by Crippen LogP contribution is -2.39. The highest BCUT2D eigenvalue weighted by atomic mass is 16.2. The highest BCUT2D eigenvalue weighted by Crippen LogP contribution is 2.29. The number of nitrogens with zero attached hydrogens (tertiary/aromatic N) is 4. The van der Waals surface area contributed by atoms with Crippen LogP contribution in [0.25, 0.3) is 11.0 Å². The van der Waals surface area contributed by atoms with Crippen LogP contribution in [0.1, 0.15) is 36.7 Å². The molecule has 4 heterocycles. The van der Waals surface area contributed by atoms with Crippen molar-refractivity contribution < 1.29 is 4.79 Å². The van der Waals surface area contributed by atoms with E-state index in [1.807, 2.05) is 23.2 Å². The van der Waals surface area contributed by atoms with Crippen LogP contribution in [0.15, 0.2) is 30.9 Å². The zero-order valence-electron chi connectivity index (χ0n) is 12.7. The molecule has 0 spiro atoms. The largest absolute Gasteiger partial charge is 0.346 e. The average molecular weight is 310 g/mol. The summed E-state index contributed by atoms with van der Waals surface area (Å²) in [5, 5.41) is 7.84. The Morgan fingerprint density at radius 1 is 1.35 bits per heavy atom. The number of carbonyl (C=O) groups is 1. The molecule has 0 radical (unpaired) electrons. The number of amides is 1. The number of H-pyrrole nitrogens is 2. The summed E-state index contributed by atoms with van der Waals surface area (Å²) in [4.78, 5) is 26.4. The minimum Gasteiger partial charge on any atom is -0.346 e. The Morgan fingerprint density at radius 3 is 3.17 bits per heavy atom. The number of piperidine rings is 1. The molecule has 1 aliphatic heterocycles. The van der Waals surface area contributed by atoms with Crippen molar-refractivity contribution in [2.75, 3.05) is 6.54 Å². The van der Waals surface area contributed by atoms with Crippen molar-refractivity contribution in [2.24, 2.45) is 0 Å². The van der Waals surface area contributed by atoms with Gasteiger partial charge < -0.3 is 9.88 Å². The minimum atomic E-state index is 0.00193. The molecule has 1 fully saturated rings. The van der Waals surface area contributed by atoms with Gasteiger partial charge in [0.1, 0.15) is 17.8 Å². The molecule has 1 atom stereocenters. The standard InChI is InChI=1S/C16H18N6O/c23-14(8-11-9-18-15-12(11)4-3-6-17-15)22-7-2-1-5-13(22)16-19-10-20-21-16/h3-4,6,9-10,13H,1-2,5,7-8H2,(H,17,18)(H,19,20,21). The molecule has 4 rings (SSSR count). The third kappa shape index (κ3) is 2.58. The SMILES string of the molecule is O=C(Cc1c[nH]c2ncccc12)N1CCCCC1c1ncn[nH]1. The van der Waals surface area contributed by atoms with E-state index in [0.29, 0.717) is 6.42 Å². The number of hydrogen-bond donors (Lipinski definition) is 2. The number of carbonyl (C=O) groups excluding carboxylic acids is 1. The van der Waals surface area contributed by atoms with Crippen LogP contribution in [0, 0.1) is 0 Å². The first kappa shape index (κ1) is 13.9. The minimum absolute atomic E-state index is 0.00193. The lowest BCUT2D eigenvalue weighted by Gasteiger charge is -2.34. The predicted octanol–water partition coefficient (Wildman–Crippen LogP) is 1.98. The Morgan fingerprint density at radius 2 is 2.30 bits per heavy atom. The molecule has 0 saturated carbocycles. The van der Waals surface area contributed by atoms with Crippen molar-refractivity contribution in [3.63, 3.8) is 0 Å². The fraction of sp³-hybridized carbons (Fsp3) is 0.375. The Balaban J connectivity index is 1.57. The molecule has 7 nitrogen and oxygen atoms in total. The van der Waals surface area contributed by atoms with Gasteiger partial charge in [0.15, 0.2) is 0 Å². The highest BCUT2D eigenvalue weighted by Gasteiger charge is 2.30. The van der Waals surface area contributed by atoms with Crippen molar-refractivity contribution in [3.8, 4) is 0 Å². The lowest BCUT2D eigenvalue weighted by molar-refractivity contribution is -0.134. The van der Waals surface area contributed by atoms with Gasteiger partial charge in [-0.05, 0) is 37.0 Å². The quantitative estimate of drug-likeness (QED) is 0.774. The number of likely N-dealkylation sites (tertiary alicyclic amines) is 1. The average Bonchev–Trinajstić information content (AvgIpc) is 3.25. The van der Waals surface area contributed by atoms with Crippen LogP contribution in [-0.2, 0) is 11.2 Å². The Hall–Kier alpha value is -2.70. The first-order valence-corrected chi connectivity index (χ1v) is 7.88. The molecule has 1 unspecified atom stereocenters. The van der Waals surface area contributed by atoms with Gasteiger partial charge in [-0.2, -0.15) is 5.10 Å². The molecule has 1 saturated heterocycles. The molecule has 0 bridgehead atoms. The van der Waals surface area contributed by atoms with Crippen molar-refractivity contribution in [2.45, 2.75) is 31.7 Å². The van der Waals surface area contributed by atoms with E-state index in [1.54, 1.807) is 6.20 Å². The predicted molar refractivity (Wildman–Crippen MR) is 84.5 cm³/mol. The van der Waals surface area contributed by atoms with Crippen LogP contribution in [0.2, 0.25) is 0 Å². The maximum absolute atomic E-state index is 12.8. The lowest BCUT2D eigenvalue weighted by atomic mass is 10.00. The molecule has 1 aliphatic rings. The fourth-order valence-electron chi connectivity index (χ4n) is 3.31. The zero-order chi connectivity index (χ0) is 15.6. The van der Waals surface area contributed by atoms with E-state index in [2.05, 4.69) is 25.1 Å². The van der Waals surface area contributed by atoms with Crippen molar-refractivity contribution >= 4 is 16.9 Å². The number of fused-ring (bicyclic) bond motifs is 1. The molecule has 7 heteroatoms. The number of nitrogens with one attached hydrogen (secondary N) is 2. The van der Waals surface area contributed by atoms with Crippen LogP contribution in [0.3, 0.4) is 0 Å². The van der Waals surface area contributed by atoms with E-state index in [4.69, 9.17) is 0 Å². The number of hydrogen-bond acceptors (Lipinski definition) is 4. The molecule has 2 N–H and O–H groups in total. The molecule has 3 aromatic rings. The van der Waals surface area contributed by atoms with Crippen molar-refractivity contribution in [3.05, 3.63) is 42.2 Å². The number of aromatic nitrogens is 5. The van der Waals surface area contributed by atoms with Crippen LogP contribution in [0.4, 0.5) is 0 Å². The molecule has 0 aromatic carbocycles. The van der Waals surface area contributed by atoms with Crippen LogP contribution >= 0.6 is 0 Å². The summed E-state index contributed by atoms with van der Waals surface area (Å²) in [6, 6.07) is 3.88. The van der Waals surface area contributed by atoms with Gasteiger partial charge in [-0.3, -0.25) is 9.89 Å². The van der Waals surface area contributed by atoms with E-state index in [9.17, 15) is 4.79 Å². The van der Waals surface area contributed by atoms with E-state index in [1.165, 1.54) is 6.33 Å². The summed E-state index contributed by atoms with van der Waals surface area (Å²) >= 11 is 0. The number of aromatic amines is 2. The van der Waals surface area contributed by atoms with Gasteiger partial charge in [0.05, 0.1) is 12.5 Å². The third-order valence-corrected chi connectivity index (χ3v) is 4.45. The molecule has 118 valence electrons. The Bertz CT molecular complexity index is 809. The molecule has 0 aliphatic carbocycles. The maximum Gasteiger partial charge on any atom is 0.227 e. The Kier molecular flexibility index (Phi) is 3.53. The second-order valence-corrected chi connectivity index (χ2v) is 5.86. The third-order valence-electron chi connectivity index (χ3n) is 4.45. The first-order chi connectivity index (χ1) is 11.3. The summed E-state index contributed by atoms with van der Waals surface area (Å²) < 4.78 is 0. The van der Waals surface area contributed by atoms with Gasteiger partial charge in [0.25, 0.3) is 0 Å². The van der Waals surface area contributed by atoms with Gasteiger partial charge in [-0.25, -0.2) is 9.97 Å². The second kappa shape index (κ2) is 5.83. The summed E-state index contributed by atoms with van der Waals surface area (Å²) in [6.45, 7) is 0.769. The van der Waals surface area contributed by atoms with E-state index < -0.39 is 0 Å². The Labute approximate surface area is 133 Å². The number of pyridine rings is 1. The van der Waals surface area contributed by atoms with Gasteiger partial charge in [0, 0.05) is 24.3 Å². The summed E-state index contributed by atoms with van der Waals surface area (Å²) in [7, 11) is 0. The number of rotatable bonds is 3. The summed E-state index contributed by atoms with van der Waals surface area (Å²) in [5.41, 5.74) is 1.81. The second-order valence-electron chi connectivity index (χ2n) is 5.86. The van der Waals surface area contributed by atoms with E-state index in [0.717, 1.165) is 48.2 Å². The zero-order valence-corrected chi connectivity index (χ0v) is 12.7. The monoisotopic (exact) mass is 310 g/mol. The first-order valence-electron chi connectivity index (χ1n) is 7.88. The smallest absolute Gasteiger partial charge is 0.227 e. The summed E-state index contributed by atoms with van der Waals surface area (Å²) in [6.07, 6.45) is 8.56. The fourth-order valence-corrected chi connectivity index (χ4v) is 3.31. The van der Waals surface area contributed by atoms with Gasteiger partial charge in [0.2, 0.25) is 5.91 Å². The van der Waals surface area contributed by atoms with Crippen LogP contribution in [-0.4, -0.2) is 42.5 Å². The van der Waals surface area contributed by atoms with E-state index in [-0.39, 0.29) is 11.9 Å². The van der Waals surface area contributed by atoms with Gasteiger partial charge in [-0.15, -0.1) is 0 Å².